The summed E-state index contributed by atoms with van der Waals surface area (Å²) in [6.45, 7) is 4.00. The molecule has 1 amide bonds. The van der Waals surface area contributed by atoms with E-state index in [1.165, 1.54) is 0 Å². The van der Waals surface area contributed by atoms with Gasteiger partial charge in [-0.15, -0.1) is 0 Å². The molecule has 1 rings (SSSR count). The zero-order chi connectivity index (χ0) is 9.84. The summed E-state index contributed by atoms with van der Waals surface area (Å²) in [5, 5.41) is 4.08. The van der Waals surface area contributed by atoms with E-state index in [-0.39, 0.29) is 11.9 Å². The van der Waals surface area contributed by atoms with Gasteiger partial charge in [-0.05, 0) is 13.8 Å². The molecule has 0 spiro atoms. The van der Waals surface area contributed by atoms with Gasteiger partial charge >= 0.3 is 0 Å². The van der Waals surface area contributed by atoms with Crippen LogP contribution in [0.15, 0.2) is 4.99 Å². The standard InChI is InChI=1S/C8H15N3OS/c1-5(3-7(9)12)10-8-11-6(2)4-13-8/h5-6H,3-4H2,1-2H3,(H2,9,12)(H,10,11). The molecule has 2 atom stereocenters. The van der Waals surface area contributed by atoms with E-state index in [2.05, 4.69) is 17.2 Å². The first-order valence-electron chi connectivity index (χ1n) is 4.33. The van der Waals surface area contributed by atoms with E-state index < -0.39 is 0 Å². The van der Waals surface area contributed by atoms with E-state index in [9.17, 15) is 4.79 Å². The number of nitrogens with one attached hydrogen (secondary N) is 1. The maximum absolute atomic E-state index is 10.6. The van der Waals surface area contributed by atoms with Gasteiger partial charge in [0.25, 0.3) is 0 Å². The van der Waals surface area contributed by atoms with Gasteiger partial charge in [-0.3, -0.25) is 9.79 Å². The van der Waals surface area contributed by atoms with Crippen LogP contribution in [0.3, 0.4) is 0 Å². The van der Waals surface area contributed by atoms with Crippen molar-refractivity contribution in [1.29, 1.82) is 0 Å². The van der Waals surface area contributed by atoms with Crippen LogP contribution in [-0.2, 0) is 4.79 Å². The first-order chi connectivity index (χ1) is 6.08. The van der Waals surface area contributed by atoms with Gasteiger partial charge in [-0.2, -0.15) is 0 Å². The highest BCUT2D eigenvalue weighted by molar-refractivity contribution is 8.14. The summed E-state index contributed by atoms with van der Waals surface area (Å²) >= 11 is 1.69. The highest BCUT2D eigenvalue weighted by Crippen LogP contribution is 2.16. The maximum Gasteiger partial charge on any atom is 0.219 e. The molecule has 3 N–H and O–H groups in total. The maximum atomic E-state index is 10.6. The number of rotatable bonds is 3. The molecule has 1 aliphatic heterocycles. The average Bonchev–Trinajstić information content (AvgIpc) is 2.33. The van der Waals surface area contributed by atoms with Crippen molar-refractivity contribution >= 4 is 22.8 Å². The molecule has 0 radical (unpaired) electrons. The molecule has 5 heteroatoms. The van der Waals surface area contributed by atoms with Gasteiger partial charge in [0.1, 0.15) is 0 Å². The first-order valence-corrected chi connectivity index (χ1v) is 5.32. The zero-order valence-electron chi connectivity index (χ0n) is 7.91. The van der Waals surface area contributed by atoms with Gasteiger partial charge in [0, 0.05) is 18.2 Å². The normalized spacial score (nSPS) is 23.8. The molecule has 1 heterocycles. The van der Waals surface area contributed by atoms with Crippen LogP contribution in [0.1, 0.15) is 20.3 Å². The number of carbonyl (C=O) groups is 1. The number of hydrogen-bond acceptors (Lipinski definition) is 4. The predicted molar refractivity (Wildman–Crippen MR) is 55.8 cm³/mol. The van der Waals surface area contributed by atoms with E-state index in [1.54, 1.807) is 11.8 Å². The van der Waals surface area contributed by atoms with Crippen LogP contribution in [0, 0.1) is 0 Å². The van der Waals surface area contributed by atoms with Crippen molar-refractivity contribution in [2.24, 2.45) is 10.7 Å². The largest absolute Gasteiger partial charge is 0.370 e. The minimum absolute atomic E-state index is 0.0778. The fourth-order valence-corrected chi connectivity index (χ4v) is 2.13. The van der Waals surface area contributed by atoms with Crippen molar-refractivity contribution in [3.63, 3.8) is 0 Å². The lowest BCUT2D eigenvalue weighted by Gasteiger charge is -2.11. The minimum Gasteiger partial charge on any atom is -0.370 e. The highest BCUT2D eigenvalue weighted by atomic mass is 32.2. The topological polar surface area (TPSA) is 67.5 Å². The van der Waals surface area contributed by atoms with Crippen LogP contribution < -0.4 is 11.1 Å². The van der Waals surface area contributed by atoms with Gasteiger partial charge in [-0.25, -0.2) is 0 Å². The number of nitrogens with two attached hydrogens (primary N) is 1. The van der Waals surface area contributed by atoms with Gasteiger partial charge < -0.3 is 11.1 Å². The summed E-state index contributed by atoms with van der Waals surface area (Å²) in [6, 6.07) is 0.460. The van der Waals surface area contributed by atoms with E-state index in [1.807, 2.05) is 6.92 Å². The number of hydrogen-bond donors (Lipinski definition) is 2. The molecule has 0 bridgehead atoms. The number of amides is 1. The summed E-state index contributed by atoms with van der Waals surface area (Å²) in [6.07, 6.45) is 0.355. The second kappa shape index (κ2) is 4.50. The molecule has 4 nitrogen and oxygen atoms in total. The Morgan fingerprint density at radius 1 is 1.92 bits per heavy atom. The van der Waals surface area contributed by atoms with Crippen LogP contribution in [0.5, 0.6) is 0 Å². The van der Waals surface area contributed by atoms with Gasteiger partial charge in [0.05, 0.1) is 6.04 Å². The highest BCUT2D eigenvalue weighted by Gasteiger charge is 2.15. The zero-order valence-corrected chi connectivity index (χ0v) is 8.73. The van der Waals surface area contributed by atoms with Crippen molar-refractivity contribution in [3.05, 3.63) is 0 Å². The summed E-state index contributed by atoms with van der Waals surface area (Å²) in [4.78, 5) is 14.9. The summed E-state index contributed by atoms with van der Waals surface area (Å²) in [7, 11) is 0. The summed E-state index contributed by atoms with van der Waals surface area (Å²) < 4.78 is 0. The van der Waals surface area contributed by atoms with Gasteiger partial charge in [0.15, 0.2) is 5.17 Å². The Hall–Kier alpha value is -0.710. The Balaban J connectivity index is 2.32. The third-order valence-corrected chi connectivity index (χ3v) is 2.82. The van der Waals surface area contributed by atoms with Crippen LogP contribution >= 0.6 is 11.8 Å². The second-order valence-corrected chi connectivity index (χ2v) is 4.32. The number of carbonyl (C=O) groups excluding carboxylic acids is 1. The SMILES string of the molecule is CC1CSC(NC(C)CC(N)=O)=N1. The smallest absolute Gasteiger partial charge is 0.219 e. The molecule has 2 unspecified atom stereocenters. The monoisotopic (exact) mass is 201 g/mol. The van der Waals surface area contributed by atoms with Crippen LogP contribution in [0.4, 0.5) is 0 Å². The Morgan fingerprint density at radius 2 is 2.62 bits per heavy atom. The number of aliphatic imine (C=N–C) groups is 1. The predicted octanol–water partition coefficient (Wildman–Crippen LogP) is 0.331. The van der Waals surface area contributed by atoms with E-state index in [0.29, 0.717) is 12.5 Å². The molecule has 0 fully saturated rings. The summed E-state index contributed by atoms with van der Waals surface area (Å²) in [5.41, 5.74) is 5.07. The average molecular weight is 201 g/mol. The molecule has 0 aromatic carbocycles. The third-order valence-electron chi connectivity index (χ3n) is 1.68. The van der Waals surface area contributed by atoms with Crippen molar-refractivity contribution in [2.45, 2.75) is 32.4 Å². The van der Waals surface area contributed by atoms with Crippen molar-refractivity contribution < 1.29 is 4.79 Å². The van der Waals surface area contributed by atoms with Crippen molar-refractivity contribution in [1.82, 2.24) is 5.32 Å². The Labute approximate surface area is 82.4 Å². The lowest BCUT2D eigenvalue weighted by molar-refractivity contribution is -0.118. The van der Waals surface area contributed by atoms with Crippen LogP contribution in [0.2, 0.25) is 0 Å². The minimum atomic E-state index is -0.281. The van der Waals surface area contributed by atoms with Crippen molar-refractivity contribution in [2.75, 3.05) is 5.75 Å². The fraction of sp³-hybridized carbons (Fsp3) is 0.750. The molecule has 74 valence electrons. The molecule has 13 heavy (non-hydrogen) atoms. The Morgan fingerprint density at radius 3 is 3.08 bits per heavy atom. The Bertz CT molecular complexity index is 229. The molecule has 0 aromatic heterocycles. The Kier molecular flexibility index (Phi) is 3.59. The van der Waals surface area contributed by atoms with Crippen molar-refractivity contribution in [3.8, 4) is 0 Å². The number of thioether (sulfide) groups is 1. The molecule has 0 aromatic rings. The van der Waals surface area contributed by atoms with Crippen LogP contribution in [-0.4, -0.2) is 28.9 Å². The lowest BCUT2D eigenvalue weighted by atomic mass is 10.2. The van der Waals surface area contributed by atoms with E-state index >= 15 is 0 Å². The summed E-state index contributed by atoms with van der Waals surface area (Å²) in [5.74, 6) is 0.739. The lowest BCUT2D eigenvalue weighted by Crippen LogP contribution is -2.33. The third kappa shape index (κ3) is 3.67. The van der Waals surface area contributed by atoms with Crippen LogP contribution in [0.25, 0.3) is 0 Å². The number of primary amides is 1. The molecular weight excluding hydrogens is 186 g/mol. The first kappa shape index (κ1) is 10.4. The van der Waals surface area contributed by atoms with Gasteiger partial charge in [0.2, 0.25) is 5.91 Å². The number of amidine groups is 1. The molecule has 0 saturated heterocycles. The quantitative estimate of drug-likeness (QED) is 0.691. The molecule has 1 aliphatic rings. The molecule has 0 saturated carbocycles. The molecule has 0 aliphatic carbocycles. The fourth-order valence-electron chi connectivity index (χ4n) is 1.12. The van der Waals surface area contributed by atoms with Gasteiger partial charge in [-0.1, -0.05) is 11.8 Å². The second-order valence-electron chi connectivity index (χ2n) is 3.31. The molecular formula is C8H15N3OS. The number of nitrogens with zero attached hydrogens (tertiary/aromatic N) is 1. The van der Waals surface area contributed by atoms with E-state index in [4.69, 9.17) is 5.73 Å². The van der Waals surface area contributed by atoms with E-state index in [0.717, 1.165) is 10.9 Å².